The Hall–Kier alpha value is -5.19. The number of carbonyl (C=O) groups excluding carboxylic acids is 1. The molecule has 0 fully saturated rings. The molecule has 0 atom stereocenters. The number of nitrogens with one attached hydrogen (secondary N) is 1. The zero-order valence-corrected chi connectivity index (χ0v) is 20.7. The molecule has 0 spiro atoms. The van der Waals surface area contributed by atoms with Crippen LogP contribution in [-0.2, 0) is 6.61 Å². The van der Waals surface area contributed by atoms with Gasteiger partial charge in [-0.15, -0.1) is 0 Å². The predicted octanol–water partition coefficient (Wildman–Crippen LogP) is 6.64. The summed E-state index contributed by atoms with van der Waals surface area (Å²) in [5.41, 5.74) is 2.14. The number of hydrogen-bond donors (Lipinski definition) is 1. The molecule has 0 bridgehead atoms. The van der Waals surface area contributed by atoms with Crippen LogP contribution in [0.2, 0.25) is 0 Å². The molecule has 1 aromatic heterocycles. The highest BCUT2D eigenvalue weighted by Gasteiger charge is 2.17. The van der Waals surface area contributed by atoms with E-state index in [1.54, 1.807) is 13.0 Å². The zero-order chi connectivity index (χ0) is 27.4. The summed E-state index contributed by atoms with van der Waals surface area (Å²) in [7, 11) is 0. The van der Waals surface area contributed by atoms with E-state index < -0.39 is 15.8 Å². The number of carbonyl (C=O) groups is 1. The van der Waals surface area contributed by atoms with Crippen molar-refractivity contribution in [1.82, 2.24) is 0 Å². The molecular weight excluding hydrogens is 494 g/mol. The second-order valence-corrected chi connectivity index (χ2v) is 8.56. The number of ether oxygens (including phenoxy) is 2. The van der Waals surface area contributed by atoms with E-state index in [9.17, 15) is 25.0 Å². The maximum Gasteiger partial charge on any atom is 0.291 e. The number of aryl methyl sites for hydroxylation is 3. The highest BCUT2D eigenvalue weighted by atomic mass is 16.6. The Labute approximate surface area is 216 Å². The molecule has 1 N–H and O–H groups in total. The number of benzene rings is 3. The van der Waals surface area contributed by atoms with Crippen LogP contribution in [0.4, 0.5) is 17.1 Å². The Kier molecular flexibility index (Phi) is 7.38. The number of nitrogens with zero attached hydrogens (tertiary/aromatic N) is 2. The lowest BCUT2D eigenvalue weighted by atomic mass is 10.1. The monoisotopic (exact) mass is 517 g/mol. The van der Waals surface area contributed by atoms with Crippen molar-refractivity contribution in [1.29, 1.82) is 0 Å². The number of nitro benzene ring substituents is 2. The van der Waals surface area contributed by atoms with Gasteiger partial charge in [0.05, 0.1) is 21.6 Å². The number of anilines is 1. The van der Waals surface area contributed by atoms with E-state index in [-0.39, 0.29) is 35.2 Å². The lowest BCUT2D eigenvalue weighted by Crippen LogP contribution is -2.11. The normalized spacial score (nSPS) is 10.6. The highest BCUT2D eigenvalue weighted by Crippen LogP contribution is 2.32. The first-order chi connectivity index (χ1) is 18.1. The van der Waals surface area contributed by atoms with Gasteiger partial charge in [0, 0.05) is 23.8 Å². The standard InChI is InChI=1S/C27H23N3O8/c1-16-4-5-17(2)26(10-16)38-23-13-19(12-20(14-23)29(32)33)28-27(31)25-9-7-22(37-25)15-36-21-6-8-24(30(34)35)18(3)11-21/h4-14H,15H2,1-3H3,(H,28,31). The van der Waals surface area contributed by atoms with Gasteiger partial charge in [0.2, 0.25) is 0 Å². The zero-order valence-electron chi connectivity index (χ0n) is 20.7. The Morgan fingerprint density at radius 3 is 2.37 bits per heavy atom. The summed E-state index contributed by atoms with van der Waals surface area (Å²) in [4.78, 5) is 34.2. The van der Waals surface area contributed by atoms with Crippen LogP contribution in [0, 0.1) is 41.0 Å². The quantitative estimate of drug-likeness (QED) is 0.192. The van der Waals surface area contributed by atoms with Crippen molar-refractivity contribution in [3.63, 3.8) is 0 Å². The summed E-state index contributed by atoms with van der Waals surface area (Å²) in [6.45, 7) is 5.35. The lowest BCUT2D eigenvalue weighted by molar-refractivity contribution is -0.385. The molecule has 11 nitrogen and oxygen atoms in total. The SMILES string of the molecule is Cc1ccc(C)c(Oc2cc(NC(=O)c3ccc(COc4ccc([N+](=O)[O-])c(C)c4)o3)cc([N+](=O)[O-])c2)c1. The van der Waals surface area contributed by atoms with Gasteiger partial charge in [-0.1, -0.05) is 12.1 Å². The van der Waals surface area contributed by atoms with E-state index in [0.717, 1.165) is 11.1 Å². The molecule has 0 radical (unpaired) electrons. The maximum absolute atomic E-state index is 12.8. The van der Waals surface area contributed by atoms with Gasteiger partial charge in [-0.3, -0.25) is 25.0 Å². The summed E-state index contributed by atoms with van der Waals surface area (Å²) in [5.74, 6) is 0.817. The van der Waals surface area contributed by atoms with Crippen LogP contribution < -0.4 is 14.8 Å². The molecule has 11 heteroatoms. The summed E-state index contributed by atoms with van der Waals surface area (Å²) in [6, 6.07) is 17.0. The number of amides is 1. The maximum atomic E-state index is 12.8. The van der Waals surface area contributed by atoms with E-state index in [4.69, 9.17) is 13.9 Å². The van der Waals surface area contributed by atoms with Crippen molar-refractivity contribution in [3.05, 3.63) is 115 Å². The fourth-order valence-corrected chi connectivity index (χ4v) is 3.61. The van der Waals surface area contributed by atoms with Gasteiger partial charge in [0.25, 0.3) is 17.3 Å². The second kappa shape index (κ2) is 10.8. The average Bonchev–Trinajstić information content (AvgIpc) is 3.34. The minimum atomic E-state index is -0.624. The van der Waals surface area contributed by atoms with Crippen LogP contribution in [0.25, 0.3) is 0 Å². The Balaban J connectivity index is 1.46. The van der Waals surface area contributed by atoms with E-state index in [1.165, 1.54) is 42.5 Å². The topological polar surface area (TPSA) is 147 Å². The van der Waals surface area contributed by atoms with Gasteiger partial charge < -0.3 is 19.2 Å². The largest absolute Gasteiger partial charge is 0.486 e. The molecule has 3 aromatic carbocycles. The van der Waals surface area contributed by atoms with Crippen LogP contribution in [-0.4, -0.2) is 15.8 Å². The van der Waals surface area contributed by atoms with Crippen molar-refractivity contribution < 1.29 is 28.5 Å². The minimum Gasteiger partial charge on any atom is -0.486 e. The van der Waals surface area contributed by atoms with Crippen LogP contribution in [0.15, 0.2) is 71.1 Å². The second-order valence-electron chi connectivity index (χ2n) is 8.56. The molecule has 194 valence electrons. The Bertz CT molecular complexity index is 1540. The number of rotatable bonds is 9. The fourth-order valence-electron chi connectivity index (χ4n) is 3.61. The molecule has 38 heavy (non-hydrogen) atoms. The van der Waals surface area contributed by atoms with Crippen molar-refractivity contribution in [3.8, 4) is 17.2 Å². The summed E-state index contributed by atoms with van der Waals surface area (Å²) in [5, 5.41) is 25.0. The molecule has 1 amide bonds. The average molecular weight is 517 g/mol. The number of hydrogen-bond acceptors (Lipinski definition) is 8. The number of furan rings is 1. The molecular formula is C27H23N3O8. The van der Waals surface area contributed by atoms with Gasteiger partial charge in [0.1, 0.15) is 29.6 Å². The summed E-state index contributed by atoms with van der Waals surface area (Å²) in [6.07, 6.45) is 0. The highest BCUT2D eigenvalue weighted by molar-refractivity contribution is 6.02. The van der Waals surface area contributed by atoms with E-state index in [1.807, 2.05) is 32.0 Å². The molecule has 0 saturated heterocycles. The third-order valence-corrected chi connectivity index (χ3v) is 5.56. The van der Waals surface area contributed by atoms with Gasteiger partial charge in [-0.25, -0.2) is 0 Å². The van der Waals surface area contributed by atoms with E-state index >= 15 is 0 Å². The van der Waals surface area contributed by atoms with E-state index in [2.05, 4.69) is 5.32 Å². The van der Waals surface area contributed by atoms with E-state index in [0.29, 0.717) is 22.8 Å². The first-order valence-electron chi connectivity index (χ1n) is 11.4. The first kappa shape index (κ1) is 25.9. The summed E-state index contributed by atoms with van der Waals surface area (Å²) >= 11 is 0. The Morgan fingerprint density at radius 1 is 0.868 bits per heavy atom. The molecule has 0 aliphatic rings. The molecule has 4 rings (SSSR count). The molecule has 0 saturated carbocycles. The van der Waals surface area contributed by atoms with Crippen LogP contribution in [0.1, 0.15) is 33.0 Å². The third-order valence-electron chi connectivity index (χ3n) is 5.56. The molecule has 4 aromatic rings. The molecule has 0 aliphatic heterocycles. The van der Waals surface area contributed by atoms with Crippen LogP contribution in [0.3, 0.4) is 0 Å². The third kappa shape index (κ3) is 6.13. The van der Waals surface area contributed by atoms with Crippen molar-refractivity contribution in [2.45, 2.75) is 27.4 Å². The number of nitro groups is 2. The lowest BCUT2D eigenvalue weighted by Gasteiger charge is -2.11. The number of non-ortho nitro benzene ring substituents is 1. The molecule has 1 heterocycles. The minimum absolute atomic E-state index is 0.0157. The first-order valence-corrected chi connectivity index (χ1v) is 11.4. The van der Waals surface area contributed by atoms with Crippen LogP contribution in [0.5, 0.6) is 17.2 Å². The van der Waals surface area contributed by atoms with Gasteiger partial charge in [-0.05, 0) is 62.2 Å². The Morgan fingerprint density at radius 2 is 1.66 bits per heavy atom. The van der Waals surface area contributed by atoms with Gasteiger partial charge >= 0.3 is 0 Å². The summed E-state index contributed by atoms with van der Waals surface area (Å²) < 4.78 is 17.0. The van der Waals surface area contributed by atoms with Crippen molar-refractivity contribution in [2.75, 3.05) is 5.32 Å². The smallest absolute Gasteiger partial charge is 0.291 e. The van der Waals surface area contributed by atoms with Crippen LogP contribution >= 0.6 is 0 Å². The van der Waals surface area contributed by atoms with Crippen molar-refractivity contribution in [2.24, 2.45) is 0 Å². The fraction of sp³-hybridized carbons (Fsp3) is 0.148. The predicted molar refractivity (Wildman–Crippen MR) is 138 cm³/mol. The van der Waals surface area contributed by atoms with Crippen molar-refractivity contribution >= 4 is 23.0 Å². The molecule has 0 aliphatic carbocycles. The molecule has 0 unspecified atom stereocenters. The van der Waals surface area contributed by atoms with Gasteiger partial charge in [0.15, 0.2) is 5.76 Å². The van der Waals surface area contributed by atoms with Gasteiger partial charge in [-0.2, -0.15) is 0 Å².